The van der Waals surface area contributed by atoms with Gasteiger partial charge in [0.25, 0.3) is 0 Å². The van der Waals surface area contributed by atoms with Gasteiger partial charge in [-0.2, -0.15) is 0 Å². The standard InChI is InChI=1S/C29H47NO4/c1-18-7-5-6-14-30(18)17-26(33)34-25-16-29(4)23(19(2)31)10-11-24(29)22-9-8-20-15-21(32)12-13-28(20,3)27(22)25/h18,20-25,27,32H,5-17H2,1-4H3/t18?,20-,21+,22-,23+,24-,25-,27+,28-,29+/m0/s1. The van der Waals surface area contributed by atoms with Crippen molar-refractivity contribution in [2.24, 2.45) is 40.4 Å². The molecule has 192 valence electrons. The first-order valence-electron chi connectivity index (χ1n) is 14.3. The van der Waals surface area contributed by atoms with Crippen LogP contribution in [0.25, 0.3) is 0 Å². The Hall–Kier alpha value is -0.940. The van der Waals surface area contributed by atoms with E-state index in [1.165, 1.54) is 6.42 Å². The third-order valence-electron chi connectivity index (χ3n) is 11.6. The molecule has 1 N–H and O–H groups in total. The average molecular weight is 474 g/mol. The Bertz CT molecular complexity index is 799. The molecule has 0 bridgehead atoms. The number of hydrogen-bond donors (Lipinski definition) is 1. The van der Waals surface area contributed by atoms with Crippen LogP contribution >= 0.6 is 0 Å². The van der Waals surface area contributed by atoms with Gasteiger partial charge in [-0.25, -0.2) is 0 Å². The summed E-state index contributed by atoms with van der Waals surface area (Å²) in [7, 11) is 0. The van der Waals surface area contributed by atoms with Gasteiger partial charge >= 0.3 is 5.97 Å². The molecule has 5 heteroatoms. The Morgan fingerprint density at radius 3 is 2.56 bits per heavy atom. The van der Waals surface area contributed by atoms with E-state index < -0.39 is 0 Å². The zero-order valence-electron chi connectivity index (χ0n) is 21.9. The minimum absolute atomic E-state index is 0.0618. The van der Waals surface area contributed by atoms with Crippen molar-refractivity contribution in [1.29, 1.82) is 0 Å². The van der Waals surface area contributed by atoms with Gasteiger partial charge in [0.1, 0.15) is 11.9 Å². The van der Waals surface area contributed by atoms with Gasteiger partial charge in [-0.15, -0.1) is 0 Å². The topological polar surface area (TPSA) is 66.8 Å². The zero-order valence-corrected chi connectivity index (χ0v) is 21.9. The van der Waals surface area contributed by atoms with Crippen molar-refractivity contribution in [2.45, 2.75) is 117 Å². The molecule has 10 atom stereocenters. The molecule has 5 rings (SSSR count). The molecular weight excluding hydrogens is 426 g/mol. The van der Waals surface area contributed by atoms with Crippen LogP contribution < -0.4 is 0 Å². The lowest BCUT2D eigenvalue weighted by Crippen LogP contribution is -2.60. The molecule has 5 fully saturated rings. The van der Waals surface area contributed by atoms with Crippen molar-refractivity contribution < 1.29 is 19.4 Å². The van der Waals surface area contributed by atoms with Crippen LogP contribution in [0.2, 0.25) is 0 Å². The molecule has 1 unspecified atom stereocenters. The number of esters is 1. The van der Waals surface area contributed by atoms with Gasteiger partial charge in [-0.05, 0) is 113 Å². The highest BCUT2D eigenvalue weighted by Gasteiger charge is 2.64. The van der Waals surface area contributed by atoms with Crippen LogP contribution in [0.1, 0.15) is 98.3 Å². The number of fused-ring (bicyclic) bond motifs is 5. The predicted molar refractivity (Wildman–Crippen MR) is 132 cm³/mol. The Labute approximate surface area is 206 Å². The first-order valence-corrected chi connectivity index (χ1v) is 14.3. The van der Waals surface area contributed by atoms with E-state index in [-0.39, 0.29) is 34.9 Å². The molecular formula is C29H47NO4. The Morgan fingerprint density at radius 1 is 1.03 bits per heavy atom. The van der Waals surface area contributed by atoms with E-state index in [9.17, 15) is 14.7 Å². The minimum Gasteiger partial charge on any atom is -0.461 e. The van der Waals surface area contributed by atoms with E-state index in [4.69, 9.17) is 4.74 Å². The van der Waals surface area contributed by atoms with Gasteiger partial charge < -0.3 is 9.84 Å². The summed E-state index contributed by atoms with van der Waals surface area (Å²) < 4.78 is 6.50. The molecule has 0 radical (unpaired) electrons. The van der Waals surface area contributed by atoms with Crippen molar-refractivity contribution in [2.75, 3.05) is 13.1 Å². The van der Waals surface area contributed by atoms with Crippen molar-refractivity contribution >= 4 is 11.8 Å². The third-order valence-corrected chi connectivity index (χ3v) is 11.6. The average Bonchev–Trinajstić information content (AvgIpc) is 3.12. The second-order valence-corrected chi connectivity index (χ2v) is 13.3. The van der Waals surface area contributed by atoms with Crippen molar-refractivity contribution in [3.05, 3.63) is 0 Å². The number of Topliss-reactive ketones (excluding diaryl/α,β-unsaturated/α-hetero) is 1. The number of carbonyl (C=O) groups is 2. The molecule has 5 aliphatic rings. The summed E-state index contributed by atoms with van der Waals surface area (Å²) in [4.78, 5) is 28.3. The van der Waals surface area contributed by atoms with Crippen LogP contribution in [-0.2, 0) is 14.3 Å². The van der Waals surface area contributed by atoms with Gasteiger partial charge in [0, 0.05) is 17.9 Å². The van der Waals surface area contributed by atoms with Gasteiger partial charge in [0.2, 0.25) is 0 Å². The van der Waals surface area contributed by atoms with E-state index in [0.717, 1.165) is 70.8 Å². The van der Waals surface area contributed by atoms with Crippen molar-refractivity contribution in [3.8, 4) is 0 Å². The largest absolute Gasteiger partial charge is 0.461 e. The summed E-state index contributed by atoms with van der Waals surface area (Å²) in [5, 5.41) is 10.4. The van der Waals surface area contributed by atoms with Crippen LogP contribution in [0.3, 0.4) is 0 Å². The number of nitrogens with zero attached hydrogens (tertiary/aromatic N) is 1. The molecule has 4 saturated carbocycles. The first-order chi connectivity index (χ1) is 16.1. The van der Waals surface area contributed by atoms with E-state index >= 15 is 0 Å². The molecule has 0 aromatic heterocycles. The van der Waals surface area contributed by atoms with Gasteiger partial charge in [0.05, 0.1) is 12.6 Å². The maximum absolute atomic E-state index is 13.4. The maximum atomic E-state index is 13.4. The number of aliphatic hydroxyl groups is 1. The van der Waals surface area contributed by atoms with E-state index in [1.807, 2.05) is 0 Å². The Balaban J connectivity index is 1.43. The number of ketones is 1. The number of likely N-dealkylation sites (tertiary alicyclic amines) is 1. The summed E-state index contributed by atoms with van der Waals surface area (Å²) in [5.41, 5.74) is 0.0505. The van der Waals surface area contributed by atoms with Gasteiger partial charge in [0.15, 0.2) is 0 Å². The maximum Gasteiger partial charge on any atom is 0.320 e. The zero-order chi connectivity index (χ0) is 24.3. The number of piperidine rings is 1. The molecule has 1 heterocycles. The van der Waals surface area contributed by atoms with E-state index in [1.54, 1.807) is 6.92 Å². The van der Waals surface area contributed by atoms with Gasteiger partial charge in [-0.1, -0.05) is 20.3 Å². The van der Waals surface area contributed by atoms with Crippen LogP contribution in [0, 0.1) is 40.4 Å². The highest BCUT2D eigenvalue weighted by atomic mass is 16.5. The summed E-state index contributed by atoms with van der Waals surface area (Å²) >= 11 is 0. The lowest BCUT2D eigenvalue weighted by atomic mass is 9.43. The highest BCUT2D eigenvalue weighted by Crippen LogP contribution is 2.68. The Kier molecular flexibility index (Phi) is 6.68. The molecule has 0 spiro atoms. The second kappa shape index (κ2) is 9.18. The molecule has 5 nitrogen and oxygen atoms in total. The van der Waals surface area contributed by atoms with Crippen LogP contribution in [-0.4, -0.2) is 53.1 Å². The fourth-order valence-electron chi connectivity index (χ4n) is 9.87. The quantitative estimate of drug-likeness (QED) is 0.583. The predicted octanol–water partition coefficient (Wildman–Crippen LogP) is 4.99. The number of aliphatic hydroxyl groups excluding tert-OH is 1. The van der Waals surface area contributed by atoms with Crippen molar-refractivity contribution in [3.63, 3.8) is 0 Å². The van der Waals surface area contributed by atoms with Crippen LogP contribution in [0.15, 0.2) is 0 Å². The van der Waals surface area contributed by atoms with Crippen LogP contribution in [0.4, 0.5) is 0 Å². The Morgan fingerprint density at radius 2 is 1.82 bits per heavy atom. The lowest BCUT2D eigenvalue weighted by Gasteiger charge is -2.62. The number of rotatable bonds is 4. The second-order valence-electron chi connectivity index (χ2n) is 13.3. The number of hydrogen-bond acceptors (Lipinski definition) is 5. The molecule has 0 aromatic carbocycles. The molecule has 34 heavy (non-hydrogen) atoms. The summed E-state index contributed by atoms with van der Waals surface area (Å²) in [6.07, 6.45) is 11.3. The fourth-order valence-corrected chi connectivity index (χ4v) is 9.87. The lowest BCUT2D eigenvalue weighted by molar-refractivity contribution is -0.199. The van der Waals surface area contributed by atoms with E-state index in [2.05, 4.69) is 25.7 Å². The van der Waals surface area contributed by atoms with E-state index in [0.29, 0.717) is 42.0 Å². The fraction of sp³-hybridized carbons (Fsp3) is 0.931. The van der Waals surface area contributed by atoms with Crippen LogP contribution in [0.5, 0.6) is 0 Å². The summed E-state index contributed by atoms with van der Waals surface area (Å²) in [6.45, 7) is 10.1. The minimum atomic E-state index is -0.182. The van der Waals surface area contributed by atoms with Gasteiger partial charge in [-0.3, -0.25) is 14.5 Å². The smallest absolute Gasteiger partial charge is 0.320 e. The number of ether oxygens (including phenoxy) is 1. The highest BCUT2D eigenvalue weighted by molar-refractivity contribution is 5.79. The summed E-state index contributed by atoms with van der Waals surface area (Å²) in [5.74, 6) is 2.27. The molecule has 4 aliphatic carbocycles. The number of carbonyl (C=O) groups excluding carboxylic acids is 2. The SMILES string of the molecule is CC(=O)[C@H]1CC[C@H]2[C@@H]3CC[C@H]4C[C@H](O)CC[C@]4(C)[C@H]3[C@@H](OC(=O)CN3CCCCC3C)C[C@]12C. The molecule has 1 aliphatic heterocycles. The third kappa shape index (κ3) is 4.07. The molecule has 0 amide bonds. The summed E-state index contributed by atoms with van der Waals surface area (Å²) in [6, 6.07) is 0.440. The molecule has 0 aromatic rings. The normalized spacial score (nSPS) is 49.0. The first kappa shape index (κ1) is 24.7. The monoisotopic (exact) mass is 473 g/mol. The van der Waals surface area contributed by atoms with Crippen molar-refractivity contribution in [1.82, 2.24) is 4.90 Å². The molecule has 1 saturated heterocycles.